The fraction of sp³-hybridized carbons (Fsp3) is 0.333. The Hall–Kier alpha value is -1.76. The number of benzene rings is 1. The number of morpholine rings is 1. The number of carbonyl (C=O) groups is 1. The van der Waals surface area contributed by atoms with Crippen LogP contribution in [0.5, 0.6) is 0 Å². The molecule has 1 aliphatic rings. The lowest BCUT2D eigenvalue weighted by atomic mass is 10.2. The van der Waals surface area contributed by atoms with Crippen LogP contribution in [0, 0.1) is 0 Å². The first kappa shape index (κ1) is 17.1. The molecule has 1 fully saturated rings. The highest BCUT2D eigenvalue weighted by atomic mass is 79.9. The third-order valence-corrected chi connectivity index (χ3v) is 4.36. The lowest BCUT2D eigenvalue weighted by Crippen LogP contribution is -2.47. The topological polar surface area (TPSA) is 54.5 Å². The van der Waals surface area contributed by atoms with Crippen molar-refractivity contribution in [2.45, 2.75) is 12.6 Å². The molecule has 0 radical (unpaired) electrons. The Bertz CT molecular complexity index is 681. The van der Waals surface area contributed by atoms with E-state index in [1.807, 2.05) is 6.07 Å². The van der Waals surface area contributed by atoms with Gasteiger partial charge in [0.1, 0.15) is 0 Å². The van der Waals surface area contributed by atoms with Gasteiger partial charge in [0.05, 0.1) is 18.3 Å². The molecule has 3 rings (SSSR count). The Kier molecular flexibility index (Phi) is 5.96. The molecule has 1 saturated heterocycles. The third-order valence-electron chi connectivity index (χ3n) is 3.93. The van der Waals surface area contributed by atoms with Crippen LogP contribution in [0.2, 0.25) is 0 Å². The van der Waals surface area contributed by atoms with Crippen LogP contribution in [-0.4, -0.2) is 48.1 Å². The molecule has 2 heterocycles. The van der Waals surface area contributed by atoms with Gasteiger partial charge in [0, 0.05) is 43.0 Å². The summed E-state index contributed by atoms with van der Waals surface area (Å²) in [5.41, 5.74) is 1.84. The normalized spacial score (nSPS) is 18.3. The van der Waals surface area contributed by atoms with Crippen LogP contribution in [0.25, 0.3) is 0 Å². The maximum Gasteiger partial charge on any atom is 0.252 e. The van der Waals surface area contributed by atoms with Gasteiger partial charge in [0.2, 0.25) is 0 Å². The van der Waals surface area contributed by atoms with Crippen LogP contribution in [0.1, 0.15) is 15.9 Å². The molecule has 24 heavy (non-hydrogen) atoms. The van der Waals surface area contributed by atoms with Gasteiger partial charge < -0.3 is 10.1 Å². The van der Waals surface area contributed by atoms with Gasteiger partial charge in [-0.15, -0.1) is 0 Å². The zero-order chi connectivity index (χ0) is 16.8. The molecule has 126 valence electrons. The minimum absolute atomic E-state index is 0.00604. The molecule has 1 aliphatic heterocycles. The number of rotatable bonds is 5. The Morgan fingerprint density at radius 1 is 1.33 bits per heavy atom. The summed E-state index contributed by atoms with van der Waals surface area (Å²) < 4.78 is 6.56. The summed E-state index contributed by atoms with van der Waals surface area (Å²) in [5.74, 6) is -0.132. The molecule has 1 N–H and O–H groups in total. The predicted octanol–water partition coefficient (Wildman–Crippen LogP) is 2.47. The fourth-order valence-electron chi connectivity index (χ4n) is 2.73. The van der Waals surface area contributed by atoms with Crippen LogP contribution in [0.4, 0.5) is 0 Å². The molecule has 1 amide bonds. The molecule has 0 bridgehead atoms. The summed E-state index contributed by atoms with van der Waals surface area (Å²) in [6.07, 6.45) is 3.22. The fourth-order valence-corrected chi connectivity index (χ4v) is 3.10. The van der Waals surface area contributed by atoms with E-state index in [1.165, 1.54) is 5.56 Å². The largest absolute Gasteiger partial charge is 0.374 e. The van der Waals surface area contributed by atoms with Crippen molar-refractivity contribution in [3.63, 3.8) is 0 Å². The summed E-state index contributed by atoms with van der Waals surface area (Å²) in [6.45, 7) is 3.81. The molecule has 0 aliphatic carbocycles. The second-order valence-electron chi connectivity index (χ2n) is 5.82. The van der Waals surface area contributed by atoms with E-state index < -0.39 is 0 Å². The first-order valence-electron chi connectivity index (χ1n) is 7.97. The van der Waals surface area contributed by atoms with Gasteiger partial charge >= 0.3 is 0 Å². The summed E-state index contributed by atoms with van der Waals surface area (Å²) in [6, 6.07) is 12.2. The zero-order valence-electron chi connectivity index (χ0n) is 13.3. The second kappa shape index (κ2) is 8.37. The Morgan fingerprint density at radius 2 is 2.17 bits per heavy atom. The smallest absolute Gasteiger partial charge is 0.252 e. The lowest BCUT2D eigenvalue weighted by Gasteiger charge is -2.33. The van der Waals surface area contributed by atoms with E-state index >= 15 is 0 Å². The molecule has 0 saturated carbocycles. The highest BCUT2D eigenvalue weighted by Crippen LogP contribution is 2.11. The van der Waals surface area contributed by atoms with Gasteiger partial charge in [-0.05, 0) is 27.6 Å². The highest BCUT2D eigenvalue weighted by Gasteiger charge is 2.21. The van der Waals surface area contributed by atoms with Crippen LogP contribution in [0.15, 0.2) is 53.3 Å². The Labute approximate surface area is 150 Å². The molecule has 5 nitrogen and oxygen atoms in total. The van der Waals surface area contributed by atoms with Gasteiger partial charge in [-0.2, -0.15) is 0 Å². The number of ether oxygens (including phenoxy) is 1. The van der Waals surface area contributed by atoms with Gasteiger partial charge in [-0.3, -0.25) is 14.7 Å². The molecule has 1 atom stereocenters. The standard InChI is InChI=1S/C18H20BrN3O2/c19-16-8-15(9-20-10-16)18(23)21-11-17-13-22(6-7-24-17)12-14-4-2-1-3-5-14/h1-5,8-10,17H,6-7,11-13H2,(H,21,23). The van der Waals surface area contributed by atoms with Crippen molar-refractivity contribution in [1.29, 1.82) is 0 Å². The third kappa shape index (κ3) is 4.87. The highest BCUT2D eigenvalue weighted by molar-refractivity contribution is 9.10. The van der Waals surface area contributed by atoms with Gasteiger partial charge in [-0.25, -0.2) is 0 Å². The minimum atomic E-state index is -0.132. The maximum atomic E-state index is 12.2. The lowest BCUT2D eigenvalue weighted by molar-refractivity contribution is -0.0292. The summed E-state index contributed by atoms with van der Waals surface area (Å²) in [4.78, 5) is 18.5. The monoisotopic (exact) mass is 389 g/mol. The number of pyridine rings is 1. The number of nitrogens with one attached hydrogen (secondary N) is 1. The van der Waals surface area contributed by atoms with Gasteiger partial charge in [-0.1, -0.05) is 30.3 Å². The van der Waals surface area contributed by atoms with Crippen molar-refractivity contribution in [2.75, 3.05) is 26.2 Å². The van der Waals surface area contributed by atoms with Crippen LogP contribution in [0.3, 0.4) is 0 Å². The molecule has 1 aromatic heterocycles. The van der Waals surface area contributed by atoms with Crippen molar-refractivity contribution in [1.82, 2.24) is 15.2 Å². The first-order valence-corrected chi connectivity index (χ1v) is 8.76. The van der Waals surface area contributed by atoms with Crippen molar-refractivity contribution < 1.29 is 9.53 Å². The molecular weight excluding hydrogens is 370 g/mol. The van der Waals surface area contributed by atoms with Gasteiger partial charge in [0.15, 0.2) is 0 Å². The van der Waals surface area contributed by atoms with Crippen LogP contribution < -0.4 is 5.32 Å². The van der Waals surface area contributed by atoms with Crippen molar-refractivity contribution >= 4 is 21.8 Å². The molecular formula is C18H20BrN3O2. The predicted molar refractivity (Wildman–Crippen MR) is 95.7 cm³/mol. The maximum absolute atomic E-state index is 12.2. The average molecular weight is 390 g/mol. The van der Waals surface area contributed by atoms with E-state index in [0.29, 0.717) is 18.7 Å². The number of halogens is 1. The van der Waals surface area contributed by atoms with Crippen molar-refractivity contribution in [3.8, 4) is 0 Å². The second-order valence-corrected chi connectivity index (χ2v) is 6.73. The number of carbonyl (C=O) groups excluding carboxylic acids is 1. The van der Waals surface area contributed by atoms with Crippen LogP contribution >= 0.6 is 15.9 Å². The van der Waals surface area contributed by atoms with E-state index in [2.05, 4.69) is 55.4 Å². The molecule has 2 aromatic rings. The van der Waals surface area contributed by atoms with Crippen molar-refractivity contribution in [3.05, 3.63) is 64.4 Å². The Balaban J connectivity index is 1.49. The number of aromatic nitrogens is 1. The quantitative estimate of drug-likeness (QED) is 0.853. The molecule has 1 aromatic carbocycles. The number of hydrogen-bond acceptors (Lipinski definition) is 4. The van der Waals surface area contributed by atoms with Crippen molar-refractivity contribution in [2.24, 2.45) is 0 Å². The first-order chi connectivity index (χ1) is 11.7. The molecule has 1 unspecified atom stereocenters. The number of nitrogens with zero attached hydrogens (tertiary/aromatic N) is 2. The summed E-state index contributed by atoms with van der Waals surface area (Å²) in [7, 11) is 0. The minimum Gasteiger partial charge on any atom is -0.374 e. The summed E-state index contributed by atoms with van der Waals surface area (Å²) >= 11 is 3.32. The number of hydrogen-bond donors (Lipinski definition) is 1. The van der Waals surface area contributed by atoms with E-state index in [4.69, 9.17) is 4.74 Å². The molecule has 0 spiro atoms. The van der Waals surface area contributed by atoms with Crippen LogP contribution in [-0.2, 0) is 11.3 Å². The number of amides is 1. The molecule has 6 heteroatoms. The van der Waals surface area contributed by atoms with E-state index in [1.54, 1.807) is 18.5 Å². The SMILES string of the molecule is O=C(NCC1CN(Cc2ccccc2)CCO1)c1cncc(Br)c1. The van der Waals surface area contributed by atoms with E-state index in [0.717, 1.165) is 24.1 Å². The Morgan fingerprint density at radius 3 is 2.96 bits per heavy atom. The zero-order valence-corrected chi connectivity index (χ0v) is 14.9. The van der Waals surface area contributed by atoms with E-state index in [-0.39, 0.29) is 12.0 Å². The van der Waals surface area contributed by atoms with E-state index in [9.17, 15) is 4.79 Å². The summed E-state index contributed by atoms with van der Waals surface area (Å²) in [5, 5.41) is 2.93. The average Bonchev–Trinajstić information content (AvgIpc) is 2.61. The van der Waals surface area contributed by atoms with Gasteiger partial charge in [0.25, 0.3) is 5.91 Å².